The monoisotopic (exact) mass is 365 g/mol. The lowest BCUT2D eigenvalue weighted by Gasteiger charge is -2.40. The molecular weight excluding hydrogens is 347 g/mol. The molecule has 6 heteroatoms. The summed E-state index contributed by atoms with van der Waals surface area (Å²) in [5.41, 5.74) is 0.473. The third-order valence-electron chi connectivity index (χ3n) is 3.86. The summed E-state index contributed by atoms with van der Waals surface area (Å²) in [5, 5.41) is 3.22. The number of rotatable bonds is 4. The van der Waals surface area contributed by atoms with Gasteiger partial charge in [0.25, 0.3) is 0 Å². The second kappa shape index (κ2) is 6.16. The standard InChI is InChI=1S/C15H19BrF3NO/c1-14(6-3-7-15(17,18)19)9-12(20-2)11-5-4-10(16)8-13(11)21-14/h4-5,8,12,20H,3,6-7,9H2,1-2H3. The van der Waals surface area contributed by atoms with Crippen molar-refractivity contribution < 1.29 is 17.9 Å². The van der Waals surface area contributed by atoms with Crippen LogP contribution in [0.1, 0.15) is 44.2 Å². The Morgan fingerprint density at radius 1 is 1.43 bits per heavy atom. The van der Waals surface area contributed by atoms with Crippen molar-refractivity contribution in [1.29, 1.82) is 0 Å². The molecule has 2 nitrogen and oxygen atoms in total. The summed E-state index contributed by atoms with van der Waals surface area (Å²) in [5.74, 6) is 0.740. The molecule has 0 radical (unpaired) electrons. The molecule has 2 rings (SSSR count). The third-order valence-corrected chi connectivity index (χ3v) is 4.35. The van der Waals surface area contributed by atoms with Gasteiger partial charge in [-0.3, -0.25) is 0 Å². The number of ether oxygens (including phenoxy) is 1. The topological polar surface area (TPSA) is 21.3 Å². The van der Waals surface area contributed by atoms with Crippen LogP contribution in [0, 0.1) is 0 Å². The van der Waals surface area contributed by atoms with Gasteiger partial charge in [0.05, 0.1) is 0 Å². The van der Waals surface area contributed by atoms with E-state index in [0.29, 0.717) is 12.8 Å². The summed E-state index contributed by atoms with van der Waals surface area (Å²) in [7, 11) is 1.86. The maximum absolute atomic E-state index is 12.3. The second-order valence-corrected chi connectivity index (χ2v) is 6.66. The fourth-order valence-electron chi connectivity index (χ4n) is 2.81. The van der Waals surface area contributed by atoms with Crippen LogP contribution in [-0.4, -0.2) is 18.8 Å². The highest BCUT2D eigenvalue weighted by Gasteiger charge is 2.37. The van der Waals surface area contributed by atoms with Crippen LogP contribution >= 0.6 is 15.9 Å². The molecule has 0 aromatic heterocycles. The average Bonchev–Trinajstić information content (AvgIpc) is 2.35. The smallest absolute Gasteiger partial charge is 0.389 e. The van der Waals surface area contributed by atoms with E-state index in [1.54, 1.807) is 0 Å². The van der Waals surface area contributed by atoms with Crippen molar-refractivity contribution >= 4 is 15.9 Å². The quantitative estimate of drug-likeness (QED) is 0.811. The number of hydrogen-bond acceptors (Lipinski definition) is 2. The van der Waals surface area contributed by atoms with Gasteiger partial charge in [-0.05, 0) is 38.9 Å². The van der Waals surface area contributed by atoms with Crippen LogP contribution in [-0.2, 0) is 0 Å². The lowest BCUT2D eigenvalue weighted by molar-refractivity contribution is -0.137. The molecule has 0 aliphatic carbocycles. The fourth-order valence-corrected chi connectivity index (χ4v) is 3.15. The molecule has 1 aromatic carbocycles. The van der Waals surface area contributed by atoms with Crippen LogP contribution in [0.25, 0.3) is 0 Å². The van der Waals surface area contributed by atoms with Crippen molar-refractivity contribution in [3.05, 3.63) is 28.2 Å². The first-order valence-corrected chi connectivity index (χ1v) is 7.74. The highest BCUT2D eigenvalue weighted by molar-refractivity contribution is 9.10. The number of alkyl halides is 3. The molecule has 0 fully saturated rings. The molecule has 1 heterocycles. The number of halogens is 4. The molecule has 21 heavy (non-hydrogen) atoms. The molecule has 0 saturated heterocycles. The summed E-state index contributed by atoms with van der Waals surface area (Å²) in [4.78, 5) is 0. The lowest BCUT2D eigenvalue weighted by atomic mass is 9.85. The summed E-state index contributed by atoms with van der Waals surface area (Å²) in [6.45, 7) is 1.89. The van der Waals surface area contributed by atoms with Gasteiger partial charge in [-0.1, -0.05) is 22.0 Å². The van der Waals surface area contributed by atoms with Crippen molar-refractivity contribution in [2.75, 3.05) is 7.05 Å². The van der Waals surface area contributed by atoms with Crippen LogP contribution in [0.2, 0.25) is 0 Å². The molecule has 1 N–H and O–H groups in total. The van der Waals surface area contributed by atoms with Crippen molar-refractivity contribution in [1.82, 2.24) is 5.32 Å². The Morgan fingerprint density at radius 2 is 2.14 bits per heavy atom. The summed E-state index contributed by atoms with van der Waals surface area (Å²) >= 11 is 3.40. The normalized spacial score (nSPS) is 25.3. The van der Waals surface area contributed by atoms with Crippen molar-refractivity contribution in [2.24, 2.45) is 0 Å². The van der Waals surface area contributed by atoms with Crippen molar-refractivity contribution in [2.45, 2.75) is 50.4 Å². The molecule has 1 aliphatic heterocycles. The Kier molecular flexibility index (Phi) is 4.88. The van der Waals surface area contributed by atoms with E-state index in [2.05, 4.69) is 21.2 Å². The molecule has 2 unspecified atom stereocenters. The van der Waals surface area contributed by atoms with E-state index in [-0.39, 0.29) is 12.5 Å². The van der Waals surface area contributed by atoms with Gasteiger partial charge in [0, 0.05) is 28.9 Å². The first-order valence-electron chi connectivity index (χ1n) is 6.95. The maximum Gasteiger partial charge on any atom is 0.389 e. The van der Waals surface area contributed by atoms with Gasteiger partial charge < -0.3 is 10.1 Å². The Labute approximate surface area is 131 Å². The van der Waals surface area contributed by atoms with Crippen molar-refractivity contribution in [3.63, 3.8) is 0 Å². The summed E-state index contributed by atoms with van der Waals surface area (Å²) < 4.78 is 43.8. The van der Waals surface area contributed by atoms with Gasteiger partial charge in [-0.25, -0.2) is 0 Å². The van der Waals surface area contributed by atoms with E-state index in [9.17, 15) is 13.2 Å². The molecule has 1 aliphatic rings. The number of hydrogen-bond donors (Lipinski definition) is 1. The Hall–Kier alpha value is -0.750. The molecule has 0 bridgehead atoms. The second-order valence-electron chi connectivity index (χ2n) is 5.75. The van der Waals surface area contributed by atoms with Crippen LogP contribution in [0.15, 0.2) is 22.7 Å². The average molecular weight is 366 g/mol. The predicted molar refractivity (Wildman–Crippen MR) is 79.5 cm³/mol. The summed E-state index contributed by atoms with van der Waals surface area (Å²) in [6.07, 6.45) is -3.73. The fraction of sp³-hybridized carbons (Fsp3) is 0.600. The molecule has 0 saturated carbocycles. The Balaban J connectivity index is 2.12. The molecular formula is C15H19BrF3NO. The van der Waals surface area contributed by atoms with Crippen LogP contribution < -0.4 is 10.1 Å². The first-order chi connectivity index (χ1) is 9.72. The summed E-state index contributed by atoms with van der Waals surface area (Å²) in [6, 6.07) is 5.90. The SMILES string of the molecule is CNC1CC(C)(CCCC(F)(F)F)Oc2cc(Br)ccc21. The van der Waals surface area contributed by atoms with Crippen LogP contribution in [0.4, 0.5) is 13.2 Å². The zero-order chi connectivity index (χ0) is 15.7. The molecule has 1 aromatic rings. The first kappa shape index (κ1) is 16.6. The zero-order valence-electron chi connectivity index (χ0n) is 12.1. The van der Waals surface area contributed by atoms with E-state index in [1.807, 2.05) is 32.2 Å². The Bertz CT molecular complexity index is 506. The third kappa shape index (κ3) is 4.36. The number of fused-ring (bicyclic) bond motifs is 1. The maximum atomic E-state index is 12.3. The molecule has 0 amide bonds. The van der Waals surface area contributed by atoms with Gasteiger partial charge in [0.1, 0.15) is 11.4 Å². The minimum Gasteiger partial charge on any atom is -0.487 e. The van der Waals surface area contributed by atoms with Crippen molar-refractivity contribution in [3.8, 4) is 5.75 Å². The van der Waals surface area contributed by atoms with Gasteiger partial charge in [-0.2, -0.15) is 13.2 Å². The van der Waals surface area contributed by atoms with Gasteiger partial charge in [0.2, 0.25) is 0 Å². The van der Waals surface area contributed by atoms with Gasteiger partial charge in [0.15, 0.2) is 0 Å². The minimum atomic E-state index is -4.10. The highest BCUT2D eigenvalue weighted by atomic mass is 79.9. The zero-order valence-corrected chi connectivity index (χ0v) is 13.6. The minimum absolute atomic E-state index is 0.0831. The molecule has 2 atom stereocenters. The molecule has 118 valence electrons. The van der Waals surface area contributed by atoms with E-state index in [1.165, 1.54) is 0 Å². The number of benzene rings is 1. The highest BCUT2D eigenvalue weighted by Crippen LogP contribution is 2.43. The van der Waals surface area contributed by atoms with E-state index in [0.717, 1.165) is 15.8 Å². The van der Waals surface area contributed by atoms with Crippen LogP contribution in [0.3, 0.4) is 0 Å². The van der Waals surface area contributed by atoms with Crippen LogP contribution in [0.5, 0.6) is 5.75 Å². The van der Waals surface area contributed by atoms with E-state index >= 15 is 0 Å². The largest absolute Gasteiger partial charge is 0.487 e. The predicted octanol–water partition coefficient (Wildman–Crippen LogP) is 4.98. The molecule has 0 spiro atoms. The number of nitrogens with one attached hydrogen (secondary N) is 1. The van der Waals surface area contributed by atoms with Gasteiger partial charge in [-0.15, -0.1) is 0 Å². The van der Waals surface area contributed by atoms with E-state index < -0.39 is 18.2 Å². The lowest BCUT2D eigenvalue weighted by Crippen LogP contribution is -2.41. The van der Waals surface area contributed by atoms with E-state index in [4.69, 9.17) is 4.74 Å². The van der Waals surface area contributed by atoms with Gasteiger partial charge >= 0.3 is 6.18 Å². The Morgan fingerprint density at radius 3 is 2.76 bits per heavy atom.